The summed E-state index contributed by atoms with van der Waals surface area (Å²) < 4.78 is 0. The lowest BCUT2D eigenvalue weighted by Crippen LogP contribution is -2.53. The number of hydrogen-bond donors (Lipinski definition) is 1. The molecule has 4 heterocycles. The van der Waals surface area contributed by atoms with Crippen molar-refractivity contribution in [3.8, 4) is 0 Å². The van der Waals surface area contributed by atoms with Crippen molar-refractivity contribution in [3.05, 3.63) is 16.5 Å². The predicted molar refractivity (Wildman–Crippen MR) is 82.3 cm³/mol. The SMILES string of the molecule is CCCc1nc(Cl)c(C)c(NC2CN3CCC2CC3)n1. The molecule has 3 aliphatic heterocycles. The van der Waals surface area contributed by atoms with E-state index in [1.807, 2.05) is 6.92 Å². The van der Waals surface area contributed by atoms with Crippen LogP contribution < -0.4 is 5.32 Å². The summed E-state index contributed by atoms with van der Waals surface area (Å²) in [4.78, 5) is 11.6. The zero-order valence-electron chi connectivity index (χ0n) is 12.3. The third kappa shape index (κ3) is 2.77. The van der Waals surface area contributed by atoms with E-state index in [2.05, 4.69) is 27.1 Å². The highest BCUT2D eigenvalue weighted by molar-refractivity contribution is 6.30. The Morgan fingerprint density at radius 1 is 1.30 bits per heavy atom. The van der Waals surface area contributed by atoms with Gasteiger partial charge in [0.25, 0.3) is 0 Å². The molecule has 3 fully saturated rings. The molecule has 4 rings (SSSR count). The third-order valence-corrected chi connectivity index (χ3v) is 4.95. The Morgan fingerprint density at radius 3 is 2.65 bits per heavy atom. The van der Waals surface area contributed by atoms with Gasteiger partial charge in [0, 0.05) is 24.6 Å². The zero-order valence-corrected chi connectivity index (χ0v) is 13.1. The minimum absolute atomic E-state index is 0.511. The fourth-order valence-electron chi connectivity index (χ4n) is 3.31. The Labute approximate surface area is 125 Å². The van der Waals surface area contributed by atoms with E-state index in [4.69, 9.17) is 11.6 Å². The van der Waals surface area contributed by atoms with Gasteiger partial charge >= 0.3 is 0 Å². The van der Waals surface area contributed by atoms with Gasteiger partial charge in [-0.15, -0.1) is 0 Å². The molecule has 1 N–H and O–H groups in total. The fraction of sp³-hybridized carbons (Fsp3) is 0.733. The number of piperidine rings is 3. The van der Waals surface area contributed by atoms with Gasteiger partial charge in [0.1, 0.15) is 16.8 Å². The largest absolute Gasteiger partial charge is 0.365 e. The molecule has 0 aliphatic carbocycles. The van der Waals surface area contributed by atoms with E-state index < -0.39 is 0 Å². The second kappa shape index (κ2) is 5.86. The van der Waals surface area contributed by atoms with Crippen molar-refractivity contribution in [2.45, 2.75) is 45.6 Å². The molecule has 2 bridgehead atoms. The zero-order chi connectivity index (χ0) is 14.1. The quantitative estimate of drug-likeness (QED) is 0.867. The van der Waals surface area contributed by atoms with Crippen LogP contribution >= 0.6 is 11.6 Å². The molecule has 1 unspecified atom stereocenters. The van der Waals surface area contributed by atoms with Gasteiger partial charge in [0.2, 0.25) is 0 Å². The highest BCUT2D eigenvalue weighted by Gasteiger charge is 2.34. The van der Waals surface area contributed by atoms with E-state index in [1.54, 1.807) is 0 Å². The molecule has 0 aromatic carbocycles. The number of anilines is 1. The summed E-state index contributed by atoms with van der Waals surface area (Å²) in [7, 11) is 0. The second-order valence-corrected chi connectivity index (χ2v) is 6.40. The first-order valence-electron chi connectivity index (χ1n) is 7.69. The second-order valence-electron chi connectivity index (χ2n) is 6.04. The number of aryl methyl sites for hydroxylation is 1. The summed E-state index contributed by atoms with van der Waals surface area (Å²) in [6.07, 6.45) is 4.53. The van der Waals surface area contributed by atoms with Gasteiger partial charge in [-0.3, -0.25) is 0 Å². The van der Waals surface area contributed by atoms with Gasteiger partial charge in [0.15, 0.2) is 0 Å². The van der Waals surface area contributed by atoms with E-state index in [1.165, 1.54) is 25.9 Å². The van der Waals surface area contributed by atoms with E-state index in [0.29, 0.717) is 11.2 Å². The van der Waals surface area contributed by atoms with Crippen LogP contribution in [0.3, 0.4) is 0 Å². The van der Waals surface area contributed by atoms with Crippen LogP contribution in [0.1, 0.15) is 37.6 Å². The van der Waals surface area contributed by atoms with Crippen LogP contribution in [0.25, 0.3) is 0 Å². The van der Waals surface area contributed by atoms with Crippen LogP contribution in [-0.2, 0) is 6.42 Å². The van der Waals surface area contributed by atoms with Gasteiger partial charge in [-0.25, -0.2) is 9.97 Å². The maximum Gasteiger partial charge on any atom is 0.137 e. The highest BCUT2D eigenvalue weighted by atomic mass is 35.5. The summed E-state index contributed by atoms with van der Waals surface area (Å²) in [6, 6.07) is 0.511. The maximum absolute atomic E-state index is 6.25. The molecule has 110 valence electrons. The predicted octanol–water partition coefficient (Wildman–Crippen LogP) is 2.90. The first-order valence-corrected chi connectivity index (χ1v) is 8.07. The number of hydrogen-bond acceptors (Lipinski definition) is 4. The van der Waals surface area contributed by atoms with Crippen LogP contribution in [-0.4, -0.2) is 40.5 Å². The molecule has 1 aromatic rings. The summed E-state index contributed by atoms with van der Waals surface area (Å²) in [5, 5.41) is 4.23. The Hall–Kier alpha value is -0.870. The van der Waals surface area contributed by atoms with E-state index in [9.17, 15) is 0 Å². The molecule has 3 aliphatic rings. The van der Waals surface area contributed by atoms with Crippen LogP contribution in [0.15, 0.2) is 0 Å². The molecule has 0 saturated carbocycles. The fourth-order valence-corrected chi connectivity index (χ4v) is 3.50. The van der Waals surface area contributed by atoms with E-state index >= 15 is 0 Å². The first-order chi connectivity index (χ1) is 9.67. The lowest BCUT2D eigenvalue weighted by Gasteiger charge is -2.45. The minimum atomic E-state index is 0.511. The van der Waals surface area contributed by atoms with Gasteiger partial charge in [-0.1, -0.05) is 18.5 Å². The van der Waals surface area contributed by atoms with Crippen LogP contribution in [0.4, 0.5) is 5.82 Å². The third-order valence-electron chi connectivity index (χ3n) is 4.58. The molecule has 0 amide bonds. The normalized spacial score (nSPS) is 28.6. The van der Waals surface area contributed by atoms with Crippen molar-refractivity contribution in [1.29, 1.82) is 0 Å². The number of rotatable bonds is 4. The molecular weight excluding hydrogens is 272 g/mol. The number of aromatic nitrogens is 2. The Bertz CT molecular complexity index is 483. The highest BCUT2D eigenvalue weighted by Crippen LogP contribution is 2.31. The monoisotopic (exact) mass is 294 g/mol. The van der Waals surface area contributed by atoms with Gasteiger partial charge in [0.05, 0.1) is 0 Å². The van der Waals surface area contributed by atoms with E-state index in [0.717, 1.165) is 42.5 Å². The standard InChI is InChI=1S/C15H23ClN4/c1-3-4-13-18-14(16)10(2)15(19-13)17-12-9-20-7-5-11(12)6-8-20/h11-12H,3-9H2,1-2H3,(H,17,18,19). The van der Waals surface area contributed by atoms with Crippen molar-refractivity contribution >= 4 is 17.4 Å². The average Bonchev–Trinajstić information content (AvgIpc) is 2.46. The summed E-state index contributed by atoms with van der Waals surface area (Å²) >= 11 is 6.25. The number of nitrogens with one attached hydrogen (secondary N) is 1. The van der Waals surface area contributed by atoms with Crippen molar-refractivity contribution in [2.75, 3.05) is 25.0 Å². The van der Waals surface area contributed by atoms with Crippen LogP contribution in [0.2, 0.25) is 5.15 Å². The first kappa shape index (κ1) is 14.1. The lowest BCUT2D eigenvalue weighted by atomic mass is 9.84. The molecular formula is C15H23ClN4. The lowest BCUT2D eigenvalue weighted by molar-refractivity contribution is 0.0973. The average molecular weight is 295 g/mol. The van der Waals surface area contributed by atoms with Gasteiger partial charge in [-0.05, 0) is 45.2 Å². The Morgan fingerprint density at radius 2 is 2.05 bits per heavy atom. The molecule has 1 atom stereocenters. The summed E-state index contributed by atoms with van der Waals surface area (Å²) in [6.45, 7) is 7.79. The van der Waals surface area contributed by atoms with Crippen LogP contribution in [0, 0.1) is 12.8 Å². The molecule has 20 heavy (non-hydrogen) atoms. The van der Waals surface area contributed by atoms with Crippen molar-refractivity contribution in [3.63, 3.8) is 0 Å². The summed E-state index contributed by atoms with van der Waals surface area (Å²) in [5.41, 5.74) is 0.975. The molecule has 3 saturated heterocycles. The molecule has 1 aromatic heterocycles. The Balaban J connectivity index is 1.79. The smallest absolute Gasteiger partial charge is 0.137 e. The molecule has 0 radical (unpaired) electrons. The topological polar surface area (TPSA) is 41.1 Å². The number of fused-ring (bicyclic) bond motifs is 3. The van der Waals surface area contributed by atoms with Crippen molar-refractivity contribution in [2.24, 2.45) is 5.92 Å². The summed E-state index contributed by atoms with van der Waals surface area (Å²) in [5.74, 6) is 2.57. The van der Waals surface area contributed by atoms with Gasteiger partial charge < -0.3 is 10.2 Å². The Kier molecular flexibility index (Phi) is 4.13. The van der Waals surface area contributed by atoms with Crippen LogP contribution in [0.5, 0.6) is 0 Å². The van der Waals surface area contributed by atoms with Crippen molar-refractivity contribution < 1.29 is 0 Å². The molecule has 5 heteroatoms. The minimum Gasteiger partial charge on any atom is -0.365 e. The maximum atomic E-state index is 6.25. The number of nitrogens with zero attached hydrogens (tertiary/aromatic N) is 3. The van der Waals surface area contributed by atoms with Gasteiger partial charge in [-0.2, -0.15) is 0 Å². The van der Waals surface area contributed by atoms with Crippen molar-refractivity contribution in [1.82, 2.24) is 14.9 Å². The molecule has 4 nitrogen and oxygen atoms in total. The van der Waals surface area contributed by atoms with E-state index in [-0.39, 0.29) is 0 Å². The molecule has 0 spiro atoms. The number of halogens is 1.